The molecule has 0 aliphatic carbocycles. The van der Waals surface area contributed by atoms with Gasteiger partial charge < -0.3 is 14.7 Å². The third kappa shape index (κ3) is 6.60. The van der Waals surface area contributed by atoms with Gasteiger partial charge in [-0.05, 0) is 60.1 Å². The SMILES string of the molecule is CC(=O)N1CCC(C(=O)N2CC[C@@H](N(C)C(=O)c3ccc(C(C)(C)C)cc3)[C@H](c3ccc(Cl)c(Cl)c3)C2)CC1. The number of rotatable bonds is 4. The van der Waals surface area contributed by atoms with Crippen LogP contribution in [0.1, 0.15) is 74.4 Å². The van der Waals surface area contributed by atoms with Crippen LogP contribution in [0, 0.1) is 5.92 Å². The number of amides is 3. The molecule has 0 saturated carbocycles. The molecule has 2 aromatic carbocycles. The van der Waals surface area contributed by atoms with Gasteiger partial charge in [-0.2, -0.15) is 0 Å². The summed E-state index contributed by atoms with van der Waals surface area (Å²) in [4.78, 5) is 44.5. The van der Waals surface area contributed by atoms with Crippen LogP contribution >= 0.6 is 23.2 Å². The van der Waals surface area contributed by atoms with Gasteiger partial charge in [0.2, 0.25) is 11.8 Å². The summed E-state index contributed by atoms with van der Waals surface area (Å²) in [5.41, 5.74) is 2.79. The molecule has 6 nitrogen and oxygen atoms in total. The number of hydrogen-bond donors (Lipinski definition) is 0. The predicted molar refractivity (Wildman–Crippen MR) is 156 cm³/mol. The molecule has 2 heterocycles. The van der Waals surface area contributed by atoms with Gasteiger partial charge in [0.15, 0.2) is 0 Å². The molecule has 2 fully saturated rings. The van der Waals surface area contributed by atoms with Gasteiger partial charge in [0, 0.05) is 63.6 Å². The van der Waals surface area contributed by atoms with Crippen molar-refractivity contribution in [3.8, 4) is 0 Å². The number of benzene rings is 2. The van der Waals surface area contributed by atoms with Crippen LogP contribution in [0.4, 0.5) is 0 Å². The number of halogens is 2. The number of nitrogens with zero attached hydrogens (tertiary/aromatic N) is 3. The molecule has 2 atom stereocenters. The Labute approximate surface area is 242 Å². The van der Waals surface area contributed by atoms with Crippen molar-refractivity contribution in [2.24, 2.45) is 5.92 Å². The zero-order valence-corrected chi connectivity index (χ0v) is 25.1. The fraction of sp³-hybridized carbons (Fsp3) is 0.516. The number of carbonyl (C=O) groups is 3. The Bertz CT molecular complexity index is 1220. The van der Waals surface area contributed by atoms with Crippen molar-refractivity contribution in [2.45, 2.75) is 64.3 Å². The topological polar surface area (TPSA) is 60.9 Å². The van der Waals surface area contributed by atoms with E-state index in [-0.39, 0.29) is 41.0 Å². The van der Waals surface area contributed by atoms with E-state index in [1.165, 1.54) is 5.56 Å². The maximum Gasteiger partial charge on any atom is 0.253 e. The molecule has 0 N–H and O–H groups in total. The molecular weight excluding hydrogens is 533 g/mol. The first-order valence-electron chi connectivity index (χ1n) is 13.7. The standard InChI is InChI=1S/C31H39Cl2N3O3/c1-20(37)35-15-12-22(13-16-35)30(39)36-17-14-28(25(19-36)23-8-11-26(32)27(33)18-23)34(5)29(38)21-6-9-24(10-7-21)31(2,3)4/h6-11,18,22,25,28H,12-17,19H2,1-5H3/t25-,28+/m0/s1. The molecule has 0 aromatic heterocycles. The van der Waals surface area contributed by atoms with E-state index in [1.54, 1.807) is 13.0 Å². The highest BCUT2D eigenvalue weighted by molar-refractivity contribution is 6.42. The predicted octanol–water partition coefficient (Wildman–Crippen LogP) is 6.01. The summed E-state index contributed by atoms with van der Waals surface area (Å²) >= 11 is 12.6. The molecule has 3 amide bonds. The number of hydrogen-bond acceptors (Lipinski definition) is 3. The van der Waals surface area contributed by atoms with E-state index in [0.717, 1.165) is 5.56 Å². The van der Waals surface area contributed by atoms with Gasteiger partial charge in [-0.15, -0.1) is 0 Å². The van der Waals surface area contributed by atoms with E-state index < -0.39 is 0 Å². The third-order valence-electron chi connectivity index (χ3n) is 8.37. The summed E-state index contributed by atoms with van der Waals surface area (Å²) in [5, 5.41) is 0.932. The van der Waals surface area contributed by atoms with Crippen LogP contribution < -0.4 is 0 Å². The summed E-state index contributed by atoms with van der Waals surface area (Å²) in [5.74, 6) is -0.0534. The summed E-state index contributed by atoms with van der Waals surface area (Å²) in [6.45, 7) is 10.3. The van der Waals surface area contributed by atoms with Crippen LogP contribution in [0.2, 0.25) is 10.0 Å². The molecule has 39 heavy (non-hydrogen) atoms. The quantitative estimate of drug-likeness (QED) is 0.451. The van der Waals surface area contributed by atoms with E-state index >= 15 is 0 Å². The van der Waals surface area contributed by atoms with Crippen molar-refractivity contribution in [3.63, 3.8) is 0 Å². The minimum Gasteiger partial charge on any atom is -0.343 e. The van der Waals surface area contributed by atoms with E-state index in [1.807, 2.05) is 58.1 Å². The van der Waals surface area contributed by atoms with Crippen LogP contribution in [-0.2, 0) is 15.0 Å². The lowest BCUT2D eigenvalue weighted by molar-refractivity contribution is -0.141. The number of piperidine rings is 2. The smallest absolute Gasteiger partial charge is 0.253 e. The van der Waals surface area contributed by atoms with Crippen LogP contribution in [-0.4, -0.2) is 71.7 Å². The Morgan fingerprint density at radius 2 is 1.49 bits per heavy atom. The van der Waals surface area contributed by atoms with Crippen LogP contribution in [0.15, 0.2) is 42.5 Å². The largest absolute Gasteiger partial charge is 0.343 e. The molecule has 210 valence electrons. The highest BCUT2D eigenvalue weighted by Crippen LogP contribution is 2.36. The monoisotopic (exact) mass is 571 g/mol. The first kappa shape index (κ1) is 29.4. The Morgan fingerprint density at radius 1 is 0.872 bits per heavy atom. The molecule has 0 bridgehead atoms. The highest BCUT2D eigenvalue weighted by Gasteiger charge is 2.39. The lowest BCUT2D eigenvalue weighted by atomic mass is 9.83. The van der Waals surface area contributed by atoms with Gasteiger partial charge in [0.1, 0.15) is 0 Å². The van der Waals surface area contributed by atoms with Gasteiger partial charge in [-0.1, -0.05) is 62.2 Å². The van der Waals surface area contributed by atoms with Gasteiger partial charge in [0.25, 0.3) is 5.91 Å². The third-order valence-corrected chi connectivity index (χ3v) is 9.10. The molecular formula is C31H39Cl2N3O3. The lowest BCUT2D eigenvalue weighted by Gasteiger charge is -2.44. The molecule has 2 saturated heterocycles. The fourth-order valence-corrected chi connectivity index (χ4v) is 6.15. The zero-order valence-electron chi connectivity index (χ0n) is 23.5. The maximum atomic E-state index is 13.6. The normalized spacial score (nSPS) is 20.6. The number of likely N-dealkylation sites (tertiary alicyclic amines) is 2. The van der Waals surface area contributed by atoms with Crippen molar-refractivity contribution in [3.05, 3.63) is 69.2 Å². The van der Waals surface area contributed by atoms with Crippen molar-refractivity contribution >= 4 is 40.9 Å². The number of carbonyl (C=O) groups excluding carboxylic acids is 3. The average Bonchev–Trinajstić information content (AvgIpc) is 2.92. The molecule has 4 rings (SSSR count). The molecule has 0 spiro atoms. The second kappa shape index (κ2) is 11.9. The first-order valence-corrected chi connectivity index (χ1v) is 14.5. The summed E-state index contributed by atoms with van der Waals surface area (Å²) < 4.78 is 0. The van der Waals surface area contributed by atoms with E-state index in [0.29, 0.717) is 61.1 Å². The van der Waals surface area contributed by atoms with Crippen molar-refractivity contribution < 1.29 is 14.4 Å². The molecule has 2 aliphatic rings. The molecule has 2 aromatic rings. The van der Waals surface area contributed by atoms with Gasteiger partial charge in [-0.25, -0.2) is 0 Å². The number of likely N-dealkylation sites (N-methyl/N-ethyl adjacent to an activating group) is 1. The lowest BCUT2D eigenvalue weighted by Crippen LogP contribution is -2.53. The van der Waals surface area contributed by atoms with E-state index in [4.69, 9.17) is 23.2 Å². The summed E-state index contributed by atoms with van der Waals surface area (Å²) in [6.07, 6.45) is 2.02. The zero-order chi connectivity index (χ0) is 28.5. The Morgan fingerprint density at radius 3 is 2.05 bits per heavy atom. The Hall–Kier alpha value is -2.57. The van der Waals surface area contributed by atoms with Crippen LogP contribution in [0.3, 0.4) is 0 Å². The summed E-state index contributed by atoms with van der Waals surface area (Å²) in [7, 11) is 1.85. The maximum absolute atomic E-state index is 13.6. The van der Waals surface area contributed by atoms with E-state index in [2.05, 4.69) is 20.8 Å². The van der Waals surface area contributed by atoms with Gasteiger partial charge in [-0.3, -0.25) is 14.4 Å². The van der Waals surface area contributed by atoms with Crippen molar-refractivity contribution in [1.82, 2.24) is 14.7 Å². The Kier molecular flexibility index (Phi) is 8.97. The average molecular weight is 573 g/mol. The second-order valence-electron chi connectivity index (χ2n) is 11.9. The minimum absolute atomic E-state index is 0.00841. The molecule has 8 heteroatoms. The van der Waals surface area contributed by atoms with Crippen molar-refractivity contribution in [1.29, 1.82) is 0 Å². The van der Waals surface area contributed by atoms with Gasteiger partial charge in [0.05, 0.1) is 10.0 Å². The molecule has 0 unspecified atom stereocenters. The molecule has 0 radical (unpaired) electrons. The van der Waals surface area contributed by atoms with E-state index in [9.17, 15) is 14.4 Å². The Balaban J connectivity index is 1.55. The van der Waals surface area contributed by atoms with Gasteiger partial charge >= 0.3 is 0 Å². The second-order valence-corrected chi connectivity index (χ2v) is 12.8. The fourth-order valence-electron chi connectivity index (χ4n) is 5.84. The van der Waals surface area contributed by atoms with Crippen LogP contribution in [0.25, 0.3) is 0 Å². The highest BCUT2D eigenvalue weighted by atomic mass is 35.5. The molecule has 2 aliphatic heterocycles. The minimum atomic E-state index is -0.113. The van der Waals surface area contributed by atoms with Crippen LogP contribution in [0.5, 0.6) is 0 Å². The summed E-state index contributed by atoms with van der Waals surface area (Å²) in [6, 6.07) is 13.3. The van der Waals surface area contributed by atoms with Crippen molar-refractivity contribution in [2.75, 3.05) is 33.2 Å². The first-order chi connectivity index (χ1) is 18.4.